The summed E-state index contributed by atoms with van der Waals surface area (Å²) in [5, 5.41) is 8.16. The molecule has 0 spiro atoms. The van der Waals surface area contributed by atoms with Crippen molar-refractivity contribution in [3.63, 3.8) is 0 Å². The van der Waals surface area contributed by atoms with E-state index in [9.17, 15) is 4.79 Å². The maximum atomic E-state index is 13.1. The molecule has 3 aliphatic heterocycles. The van der Waals surface area contributed by atoms with E-state index in [1.807, 2.05) is 23.1 Å². The van der Waals surface area contributed by atoms with E-state index in [1.165, 1.54) is 0 Å². The standard InChI is InChI=1S/C18H19N5O2.ClH/c24-18(23-9-8-22-6-3-13(23)4-7-22)16-14-2-1-12(11-15(14)20-21-16)17-19-5-10-25-17;/h1-2,5,10-11,13H,3-4,6-9H2,(H,20,21);1H. The Morgan fingerprint density at radius 1 is 1.19 bits per heavy atom. The lowest BCUT2D eigenvalue weighted by atomic mass is 10.0. The van der Waals surface area contributed by atoms with Crippen molar-refractivity contribution in [3.05, 3.63) is 36.4 Å². The molecule has 3 aliphatic rings. The normalized spacial score (nSPS) is 22.2. The lowest BCUT2D eigenvalue weighted by Crippen LogP contribution is -2.41. The number of fused-ring (bicyclic) bond motifs is 5. The molecule has 2 aromatic heterocycles. The fourth-order valence-electron chi connectivity index (χ4n) is 3.97. The van der Waals surface area contributed by atoms with Gasteiger partial charge in [-0.1, -0.05) is 0 Å². The van der Waals surface area contributed by atoms with E-state index in [1.54, 1.807) is 12.5 Å². The Hall–Kier alpha value is -2.38. The van der Waals surface area contributed by atoms with Crippen molar-refractivity contribution in [1.29, 1.82) is 0 Å². The average molecular weight is 374 g/mol. The van der Waals surface area contributed by atoms with Gasteiger partial charge in [-0.05, 0) is 31.0 Å². The van der Waals surface area contributed by atoms with Gasteiger partial charge in [-0.25, -0.2) is 4.98 Å². The van der Waals surface area contributed by atoms with Crippen molar-refractivity contribution in [3.8, 4) is 11.5 Å². The van der Waals surface area contributed by atoms with Crippen molar-refractivity contribution < 1.29 is 9.21 Å². The minimum absolute atomic E-state index is 0. The number of rotatable bonds is 2. The molecule has 0 atom stereocenters. The minimum Gasteiger partial charge on any atom is -0.445 e. The van der Waals surface area contributed by atoms with Gasteiger partial charge in [-0.2, -0.15) is 5.10 Å². The fourth-order valence-corrected chi connectivity index (χ4v) is 3.97. The molecule has 0 saturated carbocycles. The van der Waals surface area contributed by atoms with E-state index in [4.69, 9.17) is 4.42 Å². The molecule has 3 saturated heterocycles. The highest BCUT2D eigenvalue weighted by atomic mass is 35.5. The second-order valence-electron chi connectivity index (χ2n) is 6.74. The number of nitrogens with one attached hydrogen (secondary N) is 1. The lowest BCUT2D eigenvalue weighted by molar-refractivity contribution is 0.0681. The number of halogens is 1. The molecule has 26 heavy (non-hydrogen) atoms. The van der Waals surface area contributed by atoms with Gasteiger partial charge in [0.05, 0.1) is 11.7 Å². The van der Waals surface area contributed by atoms with Gasteiger partial charge in [0.15, 0.2) is 5.69 Å². The van der Waals surface area contributed by atoms with Gasteiger partial charge in [0, 0.05) is 43.2 Å². The van der Waals surface area contributed by atoms with Crippen LogP contribution in [0.25, 0.3) is 22.4 Å². The first-order valence-electron chi connectivity index (χ1n) is 8.71. The Morgan fingerprint density at radius 3 is 2.81 bits per heavy atom. The van der Waals surface area contributed by atoms with Gasteiger partial charge in [0.1, 0.15) is 6.26 Å². The topological polar surface area (TPSA) is 78.3 Å². The summed E-state index contributed by atoms with van der Waals surface area (Å²) >= 11 is 0. The molecule has 0 aliphatic carbocycles. The number of amides is 1. The maximum absolute atomic E-state index is 13.1. The van der Waals surface area contributed by atoms with Crippen LogP contribution < -0.4 is 0 Å². The number of benzene rings is 1. The van der Waals surface area contributed by atoms with Crippen molar-refractivity contribution in [2.75, 3.05) is 26.2 Å². The van der Waals surface area contributed by atoms with Crippen LogP contribution in [-0.4, -0.2) is 63.1 Å². The summed E-state index contributed by atoms with van der Waals surface area (Å²) in [5.41, 5.74) is 2.19. The Kier molecular flexibility index (Phi) is 4.42. The second kappa shape index (κ2) is 6.74. The summed E-state index contributed by atoms with van der Waals surface area (Å²) in [6, 6.07) is 6.10. The van der Waals surface area contributed by atoms with Crippen LogP contribution in [-0.2, 0) is 0 Å². The van der Waals surface area contributed by atoms with E-state index in [2.05, 4.69) is 20.1 Å². The Labute approximate surface area is 156 Å². The summed E-state index contributed by atoms with van der Waals surface area (Å²) in [7, 11) is 0. The Morgan fingerprint density at radius 2 is 2.04 bits per heavy atom. The predicted molar refractivity (Wildman–Crippen MR) is 99.3 cm³/mol. The van der Waals surface area contributed by atoms with Crippen molar-refractivity contribution in [1.82, 2.24) is 25.0 Å². The highest BCUT2D eigenvalue weighted by Crippen LogP contribution is 2.27. The van der Waals surface area contributed by atoms with Gasteiger partial charge in [-0.15, -0.1) is 12.4 Å². The van der Waals surface area contributed by atoms with Crippen LogP contribution >= 0.6 is 12.4 Å². The first kappa shape index (κ1) is 17.1. The first-order chi connectivity index (χ1) is 12.3. The van der Waals surface area contributed by atoms with E-state index in [0.29, 0.717) is 17.6 Å². The molecule has 0 unspecified atom stereocenters. The number of oxazole rings is 1. The van der Waals surface area contributed by atoms with Crippen molar-refractivity contribution in [2.24, 2.45) is 0 Å². The third kappa shape index (κ3) is 2.77. The molecule has 8 heteroatoms. The summed E-state index contributed by atoms with van der Waals surface area (Å²) in [6.07, 6.45) is 5.28. The van der Waals surface area contributed by atoms with Gasteiger partial charge in [-0.3, -0.25) is 9.89 Å². The Bertz CT molecular complexity index is 915. The van der Waals surface area contributed by atoms with Crippen molar-refractivity contribution >= 4 is 29.2 Å². The number of hydrogen-bond donors (Lipinski definition) is 1. The number of aromatic nitrogens is 3. The van der Waals surface area contributed by atoms with E-state index in [0.717, 1.165) is 55.5 Å². The zero-order valence-corrected chi connectivity index (χ0v) is 15.0. The van der Waals surface area contributed by atoms with Crippen LogP contribution in [0.4, 0.5) is 0 Å². The highest BCUT2D eigenvalue weighted by Gasteiger charge is 2.33. The van der Waals surface area contributed by atoms with E-state index in [-0.39, 0.29) is 18.3 Å². The van der Waals surface area contributed by atoms with Crippen LogP contribution in [0.5, 0.6) is 0 Å². The maximum Gasteiger partial charge on any atom is 0.275 e. The van der Waals surface area contributed by atoms with Gasteiger partial charge < -0.3 is 14.2 Å². The number of hydrogen-bond acceptors (Lipinski definition) is 5. The van der Waals surface area contributed by atoms with Gasteiger partial charge in [0.2, 0.25) is 5.89 Å². The molecule has 1 aromatic carbocycles. The lowest BCUT2D eigenvalue weighted by Gasteiger charge is -2.31. The number of carbonyl (C=O) groups excluding carboxylic acids is 1. The summed E-state index contributed by atoms with van der Waals surface area (Å²) < 4.78 is 5.34. The number of carbonyl (C=O) groups is 1. The second-order valence-corrected chi connectivity index (χ2v) is 6.74. The average Bonchev–Trinajstić information content (AvgIpc) is 3.23. The Balaban J connectivity index is 0.00000168. The van der Waals surface area contributed by atoms with Crippen LogP contribution in [0.15, 0.2) is 35.1 Å². The predicted octanol–water partition coefficient (Wildman–Crippen LogP) is 2.56. The zero-order chi connectivity index (χ0) is 16.8. The summed E-state index contributed by atoms with van der Waals surface area (Å²) in [5.74, 6) is 0.590. The van der Waals surface area contributed by atoms with E-state index < -0.39 is 0 Å². The monoisotopic (exact) mass is 373 g/mol. The third-order valence-corrected chi connectivity index (χ3v) is 5.36. The molecule has 5 heterocycles. The molecule has 2 bridgehead atoms. The van der Waals surface area contributed by atoms with E-state index >= 15 is 0 Å². The zero-order valence-electron chi connectivity index (χ0n) is 14.2. The minimum atomic E-state index is 0. The molecule has 1 amide bonds. The largest absolute Gasteiger partial charge is 0.445 e. The molecule has 0 radical (unpaired) electrons. The highest BCUT2D eigenvalue weighted by molar-refractivity contribution is 6.05. The SMILES string of the molecule is Cl.O=C(c1n[nH]c2cc(-c3ncco3)ccc12)N1CCN2CCC1CC2. The molecule has 7 nitrogen and oxygen atoms in total. The van der Waals surface area contributed by atoms with Crippen LogP contribution in [0.2, 0.25) is 0 Å². The quantitative estimate of drug-likeness (QED) is 0.746. The number of piperidine rings is 1. The van der Waals surface area contributed by atoms with Gasteiger partial charge in [0.25, 0.3) is 5.91 Å². The molecule has 1 N–H and O–H groups in total. The number of H-pyrrole nitrogens is 1. The van der Waals surface area contributed by atoms with Crippen LogP contribution in [0, 0.1) is 0 Å². The molecule has 3 fully saturated rings. The summed E-state index contributed by atoms with van der Waals surface area (Å²) in [4.78, 5) is 21.7. The molecule has 6 rings (SSSR count). The number of aromatic amines is 1. The molecule has 136 valence electrons. The first-order valence-corrected chi connectivity index (χ1v) is 8.71. The fraction of sp³-hybridized carbons (Fsp3) is 0.389. The van der Waals surface area contributed by atoms with Crippen LogP contribution in [0.3, 0.4) is 0 Å². The molecular weight excluding hydrogens is 354 g/mol. The number of nitrogens with zero attached hydrogens (tertiary/aromatic N) is 4. The van der Waals surface area contributed by atoms with Crippen LogP contribution in [0.1, 0.15) is 23.3 Å². The smallest absolute Gasteiger partial charge is 0.275 e. The summed E-state index contributed by atoms with van der Waals surface area (Å²) in [6.45, 7) is 3.93. The third-order valence-electron chi connectivity index (χ3n) is 5.36. The van der Waals surface area contributed by atoms with Crippen molar-refractivity contribution in [2.45, 2.75) is 18.9 Å². The van der Waals surface area contributed by atoms with Gasteiger partial charge >= 0.3 is 0 Å². The molecular formula is C18H20ClN5O2. The molecule has 3 aromatic rings.